The number of aromatic nitrogens is 1. The summed E-state index contributed by atoms with van der Waals surface area (Å²) in [6.07, 6.45) is 4.01. The lowest BCUT2D eigenvalue weighted by atomic mass is 10.1. The molecule has 2 aromatic carbocycles. The second-order valence-corrected chi connectivity index (χ2v) is 9.96. The number of hydrogen-bond acceptors (Lipinski definition) is 5. The highest BCUT2D eigenvalue weighted by Gasteiger charge is 2.31. The van der Waals surface area contributed by atoms with Gasteiger partial charge in [0.15, 0.2) is 11.5 Å². The standard InChI is InChI=1S/C25H21ClN2O4S/c26-22-17-7-3-4-8-21(17)33-23(22)25(30)28(16-5-1-2-6-16)12-15-9-14-10-19-20(32-13-31-19)11-18(14)27-24(15)29/h3-4,7-11,16H,1-2,5-6,12-13H2,(H,27,29). The van der Waals surface area contributed by atoms with Gasteiger partial charge in [0.2, 0.25) is 6.79 Å². The predicted molar refractivity (Wildman–Crippen MR) is 130 cm³/mol. The average Bonchev–Trinajstić information content (AvgIpc) is 3.56. The van der Waals surface area contributed by atoms with Crippen LogP contribution in [-0.2, 0) is 6.54 Å². The lowest BCUT2D eigenvalue weighted by Gasteiger charge is -2.28. The number of ether oxygens (including phenoxy) is 2. The molecule has 1 aliphatic heterocycles. The predicted octanol–water partition coefficient (Wildman–Crippen LogP) is 5.71. The Morgan fingerprint density at radius 2 is 1.88 bits per heavy atom. The van der Waals surface area contributed by atoms with Crippen molar-refractivity contribution in [2.24, 2.45) is 0 Å². The first kappa shape index (κ1) is 20.6. The zero-order chi connectivity index (χ0) is 22.5. The fourth-order valence-electron chi connectivity index (χ4n) is 4.81. The second kappa shape index (κ2) is 8.08. The molecule has 3 heterocycles. The summed E-state index contributed by atoms with van der Waals surface area (Å²) in [4.78, 5) is 32.0. The normalized spacial score (nSPS) is 15.5. The summed E-state index contributed by atoms with van der Waals surface area (Å²) in [6, 6.07) is 13.3. The number of H-pyrrole nitrogens is 1. The Kier molecular flexibility index (Phi) is 5.03. The summed E-state index contributed by atoms with van der Waals surface area (Å²) >= 11 is 8.05. The Morgan fingerprint density at radius 3 is 2.67 bits per heavy atom. The average molecular weight is 481 g/mol. The van der Waals surface area contributed by atoms with Gasteiger partial charge in [-0.1, -0.05) is 42.6 Å². The quantitative estimate of drug-likeness (QED) is 0.406. The van der Waals surface area contributed by atoms with Gasteiger partial charge in [-0.15, -0.1) is 11.3 Å². The summed E-state index contributed by atoms with van der Waals surface area (Å²) in [5.74, 6) is 1.16. The molecule has 0 radical (unpaired) electrons. The molecule has 1 amide bonds. The van der Waals surface area contributed by atoms with Crippen LogP contribution in [0.3, 0.4) is 0 Å². The first-order chi connectivity index (χ1) is 16.1. The first-order valence-corrected chi connectivity index (χ1v) is 12.2. The number of halogens is 1. The van der Waals surface area contributed by atoms with Crippen molar-refractivity contribution in [1.29, 1.82) is 0 Å². The number of hydrogen-bond donors (Lipinski definition) is 1. The Bertz CT molecular complexity index is 1450. The highest BCUT2D eigenvalue weighted by atomic mass is 35.5. The summed E-state index contributed by atoms with van der Waals surface area (Å²) < 4.78 is 11.9. The van der Waals surface area contributed by atoms with Crippen LogP contribution in [0, 0.1) is 0 Å². The highest BCUT2D eigenvalue weighted by Crippen LogP contribution is 2.38. The minimum Gasteiger partial charge on any atom is -0.454 e. The summed E-state index contributed by atoms with van der Waals surface area (Å²) in [5.41, 5.74) is 1.01. The fraction of sp³-hybridized carbons (Fsp3) is 0.280. The Balaban J connectivity index is 1.40. The summed E-state index contributed by atoms with van der Waals surface area (Å²) in [7, 11) is 0. The molecule has 8 heteroatoms. The van der Waals surface area contributed by atoms with E-state index in [1.54, 1.807) is 6.07 Å². The molecular weight excluding hydrogens is 460 g/mol. The van der Waals surface area contributed by atoms with Crippen molar-refractivity contribution in [3.8, 4) is 11.5 Å². The van der Waals surface area contributed by atoms with Gasteiger partial charge in [-0.2, -0.15) is 0 Å². The third-order valence-electron chi connectivity index (χ3n) is 6.51. The zero-order valence-electron chi connectivity index (χ0n) is 17.7. The van der Waals surface area contributed by atoms with Crippen molar-refractivity contribution in [2.75, 3.05) is 6.79 Å². The maximum Gasteiger partial charge on any atom is 0.266 e. The van der Waals surface area contributed by atoms with Gasteiger partial charge in [-0.25, -0.2) is 0 Å². The molecule has 2 aromatic heterocycles. The maximum atomic E-state index is 13.8. The molecule has 33 heavy (non-hydrogen) atoms. The lowest BCUT2D eigenvalue weighted by molar-refractivity contribution is 0.0669. The highest BCUT2D eigenvalue weighted by molar-refractivity contribution is 7.21. The molecule has 2 aliphatic rings. The van der Waals surface area contributed by atoms with Crippen LogP contribution in [0.15, 0.2) is 47.3 Å². The molecule has 6 nitrogen and oxygen atoms in total. The van der Waals surface area contributed by atoms with E-state index in [-0.39, 0.29) is 30.8 Å². The van der Waals surface area contributed by atoms with Crippen LogP contribution >= 0.6 is 22.9 Å². The van der Waals surface area contributed by atoms with Gasteiger partial charge in [0, 0.05) is 33.1 Å². The van der Waals surface area contributed by atoms with Gasteiger partial charge in [-0.3, -0.25) is 9.59 Å². The molecule has 1 aliphatic carbocycles. The van der Waals surface area contributed by atoms with E-state index in [9.17, 15) is 9.59 Å². The van der Waals surface area contributed by atoms with E-state index < -0.39 is 0 Å². The van der Waals surface area contributed by atoms with E-state index in [2.05, 4.69) is 4.98 Å². The number of carbonyl (C=O) groups excluding carboxylic acids is 1. The van der Waals surface area contributed by atoms with Crippen LogP contribution in [0.1, 0.15) is 40.9 Å². The molecule has 168 valence electrons. The Morgan fingerprint density at radius 1 is 1.12 bits per heavy atom. The van der Waals surface area contributed by atoms with Gasteiger partial charge >= 0.3 is 0 Å². The topological polar surface area (TPSA) is 71.6 Å². The molecular formula is C25H21ClN2O4S. The summed E-state index contributed by atoms with van der Waals surface area (Å²) in [6.45, 7) is 0.399. The molecule has 0 spiro atoms. The second-order valence-electron chi connectivity index (χ2n) is 8.53. The molecule has 4 aromatic rings. The largest absolute Gasteiger partial charge is 0.454 e. The van der Waals surface area contributed by atoms with E-state index >= 15 is 0 Å². The van der Waals surface area contributed by atoms with Crippen LogP contribution in [0.2, 0.25) is 5.02 Å². The van der Waals surface area contributed by atoms with Gasteiger partial charge < -0.3 is 19.4 Å². The van der Waals surface area contributed by atoms with E-state index in [1.165, 1.54) is 11.3 Å². The number of thiophene rings is 1. The van der Waals surface area contributed by atoms with Gasteiger partial charge in [0.05, 0.1) is 17.1 Å². The third kappa shape index (κ3) is 3.56. The van der Waals surface area contributed by atoms with Gasteiger partial charge in [0.1, 0.15) is 4.88 Å². The molecule has 0 saturated heterocycles. The Hall–Kier alpha value is -3.03. The summed E-state index contributed by atoms with van der Waals surface area (Å²) in [5, 5.41) is 2.22. The van der Waals surface area contributed by atoms with Crippen molar-refractivity contribution in [2.45, 2.75) is 38.3 Å². The number of aromatic amines is 1. The molecule has 1 N–H and O–H groups in total. The zero-order valence-corrected chi connectivity index (χ0v) is 19.3. The third-order valence-corrected chi connectivity index (χ3v) is 8.17. The fourth-order valence-corrected chi connectivity index (χ4v) is 6.27. The SMILES string of the molecule is O=C(c1sc2ccccc2c1Cl)N(Cc1cc2cc3c(cc2[nH]c1=O)OCO3)C1CCCC1. The van der Waals surface area contributed by atoms with Crippen molar-refractivity contribution in [1.82, 2.24) is 9.88 Å². The van der Waals surface area contributed by atoms with Crippen molar-refractivity contribution >= 4 is 49.8 Å². The lowest BCUT2D eigenvalue weighted by Crippen LogP contribution is -2.39. The van der Waals surface area contributed by atoms with E-state index in [4.69, 9.17) is 21.1 Å². The van der Waals surface area contributed by atoms with Crippen LogP contribution in [0.4, 0.5) is 0 Å². The number of nitrogens with zero attached hydrogens (tertiary/aromatic N) is 1. The number of carbonyl (C=O) groups is 1. The minimum absolute atomic E-state index is 0.0885. The van der Waals surface area contributed by atoms with Gasteiger partial charge in [0.25, 0.3) is 11.5 Å². The van der Waals surface area contributed by atoms with E-state index in [1.807, 2.05) is 41.3 Å². The molecule has 0 bridgehead atoms. The van der Waals surface area contributed by atoms with E-state index in [0.717, 1.165) is 41.2 Å². The van der Waals surface area contributed by atoms with Crippen LogP contribution < -0.4 is 15.0 Å². The number of nitrogens with one attached hydrogen (secondary N) is 1. The molecule has 1 saturated carbocycles. The molecule has 0 atom stereocenters. The minimum atomic E-state index is -0.209. The number of benzene rings is 2. The van der Waals surface area contributed by atoms with Crippen molar-refractivity contribution in [3.63, 3.8) is 0 Å². The molecule has 6 rings (SSSR count). The number of rotatable bonds is 4. The van der Waals surface area contributed by atoms with Crippen molar-refractivity contribution in [3.05, 3.63) is 68.3 Å². The Labute approximate surface area is 198 Å². The number of fused-ring (bicyclic) bond motifs is 3. The van der Waals surface area contributed by atoms with E-state index in [0.29, 0.717) is 32.5 Å². The van der Waals surface area contributed by atoms with Gasteiger partial charge in [-0.05, 0) is 31.0 Å². The first-order valence-electron chi connectivity index (χ1n) is 11.0. The number of pyridine rings is 1. The number of amides is 1. The molecule has 1 fully saturated rings. The van der Waals surface area contributed by atoms with Crippen LogP contribution in [-0.4, -0.2) is 28.6 Å². The molecule has 0 unspecified atom stereocenters. The maximum absolute atomic E-state index is 13.8. The van der Waals surface area contributed by atoms with Crippen molar-refractivity contribution < 1.29 is 14.3 Å². The smallest absolute Gasteiger partial charge is 0.266 e. The monoisotopic (exact) mass is 480 g/mol. The van der Waals surface area contributed by atoms with Crippen LogP contribution in [0.25, 0.3) is 21.0 Å². The van der Waals surface area contributed by atoms with Crippen LogP contribution in [0.5, 0.6) is 11.5 Å².